The summed E-state index contributed by atoms with van der Waals surface area (Å²) in [5, 5.41) is 3.57. The third kappa shape index (κ3) is 2.14. The van der Waals surface area contributed by atoms with Gasteiger partial charge in [-0.05, 0) is 37.8 Å². The van der Waals surface area contributed by atoms with E-state index >= 15 is 0 Å². The van der Waals surface area contributed by atoms with Crippen LogP contribution >= 0.6 is 0 Å². The molecule has 2 fully saturated rings. The van der Waals surface area contributed by atoms with E-state index in [0.29, 0.717) is 11.7 Å². The predicted octanol–water partition coefficient (Wildman–Crippen LogP) is 3.21. The van der Waals surface area contributed by atoms with Gasteiger partial charge in [0.2, 0.25) is 0 Å². The molecule has 18 heavy (non-hydrogen) atoms. The highest BCUT2D eigenvalue weighted by molar-refractivity contribution is 5.46. The molecule has 3 rings (SSSR count). The fraction of sp³-hybridized carbons (Fsp3) is 0.533. The molecule has 2 aliphatic rings. The average Bonchev–Trinajstić information content (AvgIpc) is 2.87. The number of rotatable bonds is 1. The third-order valence-corrected chi connectivity index (χ3v) is 4.16. The van der Waals surface area contributed by atoms with Crippen molar-refractivity contribution in [2.75, 3.05) is 13.2 Å². The first kappa shape index (κ1) is 11.7. The number of piperidine rings is 1. The molecule has 0 bridgehead atoms. The smallest absolute Gasteiger partial charge is 0.187 e. The van der Waals surface area contributed by atoms with Gasteiger partial charge < -0.3 is 10.1 Å². The summed E-state index contributed by atoms with van der Waals surface area (Å²) >= 11 is 0. The summed E-state index contributed by atoms with van der Waals surface area (Å²) in [7, 11) is 0. The van der Waals surface area contributed by atoms with E-state index in [1.807, 2.05) is 12.1 Å². The lowest BCUT2D eigenvalue weighted by molar-refractivity contribution is -0.0310. The topological polar surface area (TPSA) is 25.6 Å². The van der Waals surface area contributed by atoms with Gasteiger partial charge in [0.1, 0.15) is 0 Å². The van der Waals surface area contributed by atoms with Gasteiger partial charge in [-0.15, -0.1) is 0 Å². The molecule has 3 heteroatoms. The first-order valence-electron chi connectivity index (χ1n) is 6.66. The Kier molecular flexibility index (Phi) is 3.07. The number of hydrogen-bond acceptors (Lipinski definition) is 2. The van der Waals surface area contributed by atoms with Gasteiger partial charge in [-0.3, -0.25) is 0 Å². The predicted molar refractivity (Wildman–Crippen MR) is 70.6 cm³/mol. The maximum absolute atomic E-state index is 6.98. The molecular weight excluding hydrogens is 224 g/mol. The van der Waals surface area contributed by atoms with Crippen LogP contribution in [0.4, 0.5) is 5.69 Å². The van der Waals surface area contributed by atoms with Gasteiger partial charge in [-0.1, -0.05) is 24.3 Å². The summed E-state index contributed by atoms with van der Waals surface area (Å²) in [5.41, 5.74) is 2.10. The van der Waals surface area contributed by atoms with Crippen LogP contribution in [-0.2, 0) is 4.74 Å². The molecular formula is C15H18N2O. The van der Waals surface area contributed by atoms with E-state index in [0.717, 1.165) is 26.0 Å². The molecule has 2 saturated heterocycles. The lowest BCUT2D eigenvalue weighted by Crippen LogP contribution is -2.43. The van der Waals surface area contributed by atoms with Crippen LogP contribution in [0.1, 0.15) is 37.3 Å². The van der Waals surface area contributed by atoms with Crippen LogP contribution < -0.4 is 5.32 Å². The van der Waals surface area contributed by atoms with Crippen LogP contribution in [0, 0.1) is 6.57 Å². The van der Waals surface area contributed by atoms with E-state index in [1.54, 1.807) is 0 Å². The van der Waals surface area contributed by atoms with Gasteiger partial charge in [0.25, 0.3) is 0 Å². The van der Waals surface area contributed by atoms with E-state index in [9.17, 15) is 0 Å². The monoisotopic (exact) mass is 242 g/mol. The maximum atomic E-state index is 6.98. The highest BCUT2D eigenvalue weighted by Gasteiger charge is 2.40. The zero-order chi connectivity index (χ0) is 12.4. The summed E-state index contributed by atoms with van der Waals surface area (Å²) in [6, 6.07) is 8.32. The van der Waals surface area contributed by atoms with Crippen LogP contribution in [0.15, 0.2) is 24.3 Å². The van der Waals surface area contributed by atoms with Crippen molar-refractivity contribution in [3.05, 3.63) is 41.2 Å². The SMILES string of the molecule is [C-]#[N+]c1ccc(C2CC3(CCCO3)CCN2)cc1. The second kappa shape index (κ2) is 4.72. The van der Waals surface area contributed by atoms with Crippen LogP contribution in [0.2, 0.25) is 0 Å². The number of ether oxygens (including phenoxy) is 1. The van der Waals surface area contributed by atoms with Crippen molar-refractivity contribution in [1.29, 1.82) is 0 Å². The molecule has 0 aliphatic carbocycles. The minimum atomic E-state index is 0.119. The lowest BCUT2D eigenvalue weighted by atomic mass is 9.83. The molecule has 2 unspecified atom stereocenters. The molecule has 1 aromatic carbocycles. The molecule has 1 spiro atoms. The Balaban J connectivity index is 1.77. The molecule has 1 N–H and O–H groups in total. The summed E-state index contributed by atoms with van der Waals surface area (Å²) in [4.78, 5) is 3.43. The van der Waals surface area contributed by atoms with Crippen molar-refractivity contribution in [2.24, 2.45) is 0 Å². The molecule has 94 valence electrons. The van der Waals surface area contributed by atoms with Crippen molar-refractivity contribution in [1.82, 2.24) is 5.32 Å². The quantitative estimate of drug-likeness (QED) is 0.765. The Bertz CT molecular complexity index is 454. The van der Waals surface area contributed by atoms with E-state index in [4.69, 9.17) is 11.3 Å². The largest absolute Gasteiger partial charge is 0.375 e. The van der Waals surface area contributed by atoms with Crippen molar-refractivity contribution >= 4 is 5.69 Å². The molecule has 2 atom stereocenters. The summed E-state index contributed by atoms with van der Waals surface area (Å²) < 4.78 is 5.99. The van der Waals surface area contributed by atoms with Crippen LogP contribution in [0.5, 0.6) is 0 Å². The molecule has 1 aromatic rings. The van der Waals surface area contributed by atoms with Crippen LogP contribution in [-0.4, -0.2) is 18.8 Å². The summed E-state index contributed by atoms with van der Waals surface area (Å²) in [6.45, 7) is 8.92. The second-order valence-electron chi connectivity index (χ2n) is 5.30. The van der Waals surface area contributed by atoms with E-state index in [-0.39, 0.29) is 5.60 Å². The highest BCUT2D eigenvalue weighted by atomic mass is 16.5. The standard InChI is InChI=1S/C15H18N2O/c1-16-13-5-3-12(4-6-13)14-11-15(8-9-17-14)7-2-10-18-15/h3-6,14,17H,2,7-11H2. The highest BCUT2D eigenvalue weighted by Crippen LogP contribution is 2.40. The molecule has 0 saturated carbocycles. The van der Waals surface area contributed by atoms with Crippen molar-refractivity contribution in [3.8, 4) is 0 Å². The van der Waals surface area contributed by atoms with Crippen molar-refractivity contribution < 1.29 is 4.74 Å². The first-order chi connectivity index (χ1) is 8.81. The van der Waals surface area contributed by atoms with Crippen molar-refractivity contribution in [3.63, 3.8) is 0 Å². The van der Waals surface area contributed by atoms with E-state index < -0.39 is 0 Å². The van der Waals surface area contributed by atoms with Gasteiger partial charge in [-0.25, -0.2) is 4.85 Å². The van der Waals surface area contributed by atoms with Gasteiger partial charge in [0, 0.05) is 12.6 Å². The fourth-order valence-electron chi connectivity index (χ4n) is 3.15. The zero-order valence-corrected chi connectivity index (χ0v) is 10.5. The first-order valence-corrected chi connectivity index (χ1v) is 6.66. The molecule has 0 amide bonds. The fourth-order valence-corrected chi connectivity index (χ4v) is 3.15. The Morgan fingerprint density at radius 1 is 1.28 bits per heavy atom. The number of hydrogen-bond donors (Lipinski definition) is 1. The normalized spacial score (nSPS) is 31.4. The van der Waals surface area contributed by atoms with Crippen LogP contribution in [0.25, 0.3) is 4.85 Å². The third-order valence-electron chi connectivity index (χ3n) is 4.16. The van der Waals surface area contributed by atoms with Gasteiger partial charge in [0.05, 0.1) is 12.2 Å². The van der Waals surface area contributed by atoms with Crippen LogP contribution in [0.3, 0.4) is 0 Å². The van der Waals surface area contributed by atoms with Gasteiger partial charge in [0.15, 0.2) is 5.69 Å². The maximum Gasteiger partial charge on any atom is 0.187 e. The Labute approximate surface area is 108 Å². The lowest BCUT2D eigenvalue weighted by Gasteiger charge is -2.38. The summed E-state index contributed by atoms with van der Waals surface area (Å²) in [5.74, 6) is 0. The van der Waals surface area contributed by atoms with E-state index in [1.165, 1.54) is 18.4 Å². The average molecular weight is 242 g/mol. The number of nitrogens with one attached hydrogen (secondary N) is 1. The van der Waals surface area contributed by atoms with E-state index in [2.05, 4.69) is 22.3 Å². The molecule has 0 aromatic heterocycles. The molecule has 3 nitrogen and oxygen atoms in total. The number of nitrogens with zero attached hydrogens (tertiary/aromatic N) is 1. The molecule has 0 radical (unpaired) electrons. The van der Waals surface area contributed by atoms with Gasteiger partial charge in [-0.2, -0.15) is 0 Å². The molecule has 2 aliphatic heterocycles. The Morgan fingerprint density at radius 2 is 2.11 bits per heavy atom. The Hall–Kier alpha value is -1.37. The second-order valence-corrected chi connectivity index (χ2v) is 5.30. The Morgan fingerprint density at radius 3 is 2.78 bits per heavy atom. The van der Waals surface area contributed by atoms with Gasteiger partial charge >= 0.3 is 0 Å². The van der Waals surface area contributed by atoms with Crippen molar-refractivity contribution in [2.45, 2.75) is 37.3 Å². The zero-order valence-electron chi connectivity index (χ0n) is 10.5. The summed E-state index contributed by atoms with van der Waals surface area (Å²) in [6.07, 6.45) is 4.59. The minimum Gasteiger partial charge on any atom is -0.375 e. The minimum absolute atomic E-state index is 0.119. The molecule has 2 heterocycles. The number of benzene rings is 1.